The fourth-order valence-corrected chi connectivity index (χ4v) is 4.04. The van der Waals surface area contributed by atoms with E-state index in [-0.39, 0.29) is 6.04 Å². The second-order valence-electron chi connectivity index (χ2n) is 4.59. The summed E-state index contributed by atoms with van der Waals surface area (Å²) >= 11 is 4.70. The minimum Gasteiger partial charge on any atom is -0.493 e. The van der Waals surface area contributed by atoms with Gasteiger partial charge in [-0.15, -0.1) is 0 Å². The Balaban J connectivity index is 2.20. The SMILES string of the molecule is CCOc1ccccc1C=NC(C)c1ccc(I)cc1I. The van der Waals surface area contributed by atoms with Gasteiger partial charge in [0, 0.05) is 18.9 Å². The molecule has 2 rings (SSSR count). The molecule has 21 heavy (non-hydrogen) atoms. The second-order valence-corrected chi connectivity index (χ2v) is 7.00. The van der Waals surface area contributed by atoms with Crippen molar-refractivity contribution >= 4 is 51.4 Å². The Bertz CT molecular complexity index is 640. The van der Waals surface area contributed by atoms with Crippen molar-refractivity contribution in [1.29, 1.82) is 0 Å². The Morgan fingerprint density at radius 3 is 2.67 bits per heavy atom. The van der Waals surface area contributed by atoms with Gasteiger partial charge in [0.1, 0.15) is 5.75 Å². The maximum absolute atomic E-state index is 5.62. The number of halogens is 2. The lowest BCUT2D eigenvalue weighted by molar-refractivity contribution is 0.340. The summed E-state index contributed by atoms with van der Waals surface area (Å²) in [6.45, 7) is 4.77. The summed E-state index contributed by atoms with van der Waals surface area (Å²) in [5, 5.41) is 0. The average molecular weight is 505 g/mol. The number of ether oxygens (including phenoxy) is 1. The predicted molar refractivity (Wildman–Crippen MR) is 105 cm³/mol. The van der Waals surface area contributed by atoms with E-state index < -0.39 is 0 Å². The molecule has 2 aromatic carbocycles. The van der Waals surface area contributed by atoms with Crippen molar-refractivity contribution in [3.05, 3.63) is 60.7 Å². The van der Waals surface area contributed by atoms with Gasteiger partial charge in [0.25, 0.3) is 0 Å². The van der Waals surface area contributed by atoms with Crippen molar-refractivity contribution in [2.24, 2.45) is 4.99 Å². The minimum absolute atomic E-state index is 0.128. The van der Waals surface area contributed by atoms with E-state index in [1.807, 2.05) is 37.4 Å². The van der Waals surface area contributed by atoms with Crippen molar-refractivity contribution in [2.45, 2.75) is 19.9 Å². The van der Waals surface area contributed by atoms with Crippen LogP contribution in [0.4, 0.5) is 0 Å². The maximum atomic E-state index is 5.62. The van der Waals surface area contributed by atoms with Gasteiger partial charge in [-0.25, -0.2) is 0 Å². The summed E-state index contributed by atoms with van der Waals surface area (Å²) in [7, 11) is 0. The Morgan fingerprint density at radius 2 is 1.95 bits per heavy atom. The second kappa shape index (κ2) is 8.12. The fraction of sp³-hybridized carbons (Fsp3) is 0.235. The van der Waals surface area contributed by atoms with E-state index in [2.05, 4.69) is 75.3 Å². The third-order valence-electron chi connectivity index (χ3n) is 3.07. The minimum atomic E-state index is 0.128. The Labute approximate surface area is 153 Å². The first-order valence-corrected chi connectivity index (χ1v) is 8.97. The lowest BCUT2D eigenvalue weighted by Crippen LogP contribution is -1.98. The number of hydrogen-bond acceptors (Lipinski definition) is 2. The van der Waals surface area contributed by atoms with Crippen LogP contribution in [0.15, 0.2) is 47.5 Å². The molecule has 0 aliphatic rings. The molecule has 0 aliphatic heterocycles. The molecule has 2 aromatic rings. The molecule has 0 heterocycles. The molecule has 0 radical (unpaired) electrons. The van der Waals surface area contributed by atoms with E-state index in [1.165, 1.54) is 12.7 Å². The zero-order chi connectivity index (χ0) is 15.2. The Morgan fingerprint density at radius 1 is 1.19 bits per heavy atom. The molecular weight excluding hydrogens is 488 g/mol. The quantitative estimate of drug-likeness (QED) is 0.390. The van der Waals surface area contributed by atoms with Crippen molar-refractivity contribution in [3.8, 4) is 5.75 Å². The number of para-hydroxylation sites is 1. The monoisotopic (exact) mass is 505 g/mol. The number of aliphatic imine (C=N–C) groups is 1. The van der Waals surface area contributed by atoms with Crippen LogP contribution in [-0.4, -0.2) is 12.8 Å². The van der Waals surface area contributed by atoms with E-state index >= 15 is 0 Å². The molecule has 0 aromatic heterocycles. The Kier molecular flexibility index (Phi) is 6.47. The van der Waals surface area contributed by atoms with Crippen molar-refractivity contribution in [2.75, 3.05) is 6.61 Å². The molecule has 0 bridgehead atoms. The zero-order valence-corrected chi connectivity index (χ0v) is 16.3. The standard InChI is InChI=1S/C17H17I2NO/c1-3-21-17-7-5-4-6-13(17)11-20-12(2)15-9-8-14(18)10-16(15)19/h4-12H,3H2,1-2H3. The van der Waals surface area contributed by atoms with Crippen LogP contribution in [0.25, 0.3) is 0 Å². The first-order valence-electron chi connectivity index (χ1n) is 6.81. The van der Waals surface area contributed by atoms with Gasteiger partial charge in [-0.2, -0.15) is 0 Å². The molecule has 0 saturated heterocycles. The van der Waals surface area contributed by atoms with Crippen molar-refractivity contribution in [3.63, 3.8) is 0 Å². The summed E-state index contributed by atoms with van der Waals surface area (Å²) in [6.07, 6.45) is 1.91. The van der Waals surface area contributed by atoms with Gasteiger partial charge >= 0.3 is 0 Å². The summed E-state index contributed by atoms with van der Waals surface area (Å²) in [4.78, 5) is 4.69. The number of benzene rings is 2. The molecule has 0 fully saturated rings. The predicted octanol–water partition coefficient (Wildman–Crippen LogP) is 5.47. The summed E-state index contributed by atoms with van der Waals surface area (Å²) in [6, 6.07) is 14.6. The van der Waals surface area contributed by atoms with Crippen LogP contribution in [0, 0.1) is 7.14 Å². The van der Waals surface area contributed by atoms with Gasteiger partial charge in [0.15, 0.2) is 0 Å². The van der Waals surface area contributed by atoms with Crippen molar-refractivity contribution < 1.29 is 4.74 Å². The number of rotatable bonds is 5. The molecule has 0 N–H and O–H groups in total. The number of hydrogen-bond donors (Lipinski definition) is 0. The van der Waals surface area contributed by atoms with Crippen LogP contribution in [0.1, 0.15) is 31.0 Å². The molecule has 110 valence electrons. The smallest absolute Gasteiger partial charge is 0.128 e. The van der Waals surface area contributed by atoms with Crippen LogP contribution < -0.4 is 4.74 Å². The molecule has 0 aliphatic carbocycles. The highest BCUT2D eigenvalue weighted by Gasteiger charge is 2.08. The topological polar surface area (TPSA) is 21.6 Å². The fourth-order valence-electron chi connectivity index (χ4n) is 1.99. The van der Waals surface area contributed by atoms with E-state index in [9.17, 15) is 0 Å². The molecule has 1 atom stereocenters. The lowest BCUT2D eigenvalue weighted by Gasteiger charge is -2.10. The van der Waals surface area contributed by atoms with E-state index in [0.717, 1.165) is 11.3 Å². The van der Waals surface area contributed by atoms with Crippen molar-refractivity contribution in [1.82, 2.24) is 0 Å². The molecule has 0 amide bonds. The van der Waals surface area contributed by atoms with Crippen LogP contribution >= 0.6 is 45.2 Å². The Hall–Kier alpha value is -0.630. The summed E-state index contributed by atoms with van der Waals surface area (Å²) in [5.41, 5.74) is 2.27. The van der Waals surface area contributed by atoms with Crippen LogP contribution in [0.5, 0.6) is 5.75 Å². The van der Waals surface area contributed by atoms with Gasteiger partial charge in [0.2, 0.25) is 0 Å². The van der Waals surface area contributed by atoms with E-state index in [1.54, 1.807) is 0 Å². The van der Waals surface area contributed by atoms with E-state index in [4.69, 9.17) is 4.74 Å². The molecule has 0 saturated carbocycles. The highest BCUT2D eigenvalue weighted by molar-refractivity contribution is 14.1. The molecule has 4 heteroatoms. The van der Waals surface area contributed by atoms with Gasteiger partial charge < -0.3 is 4.74 Å². The highest BCUT2D eigenvalue weighted by Crippen LogP contribution is 2.25. The van der Waals surface area contributed by atoms with Gasteiger partial charge in [-0.1, -0.05) is 18.2 Å². The van der Waals surface area contributed by atoms with E-state index in [0.29, 0.717) is 6.61 Å². The third-order valence-corrected chi connectivity index (χ3v) is 4.67. The van der Waals surface area contributed by atoms with Gasteiger partial charge in [0.05, 0.1) is 12.6 Å². The summed E-state index contributed by atoms with van der Waals surface area (Å²) in [5.74, 6) is 0.883. The molecule has 2 nitrogen and oxygen atoms in total. The van der Waals surface area contributed by atoms with Crippen LogP contribution in [0.3, 0.4) is 0 Å². The molecule has 0 spiro atoms. The number of nitrogens with zero attached hydrogens (tertiary/aromatic N) is 1. The van der Waals surface area contributed by atoms with Crippen LogP contribution in [0.2, 0.25) is 0 Å². The maximum Gasteiger partial charge on any atom is 0.128 e. The first-order chi connectivity index (χ1) is 10.1. The van der Waals surface area contributed by atoms with Gasteiger partial charge in [-0.05, 0) is 88.9 Å². The lowest BCUT2D eigenvalue weighted by atomic mass is 10.1. The first kappa shape index (κ1) is 16.7. The summed E-state index contributed by atoms with van der Waals surface area (Å²) < 4.78 is 8.12. The van der Waals surface area contributed by atoms with Gasteiger partial charge in [-0.3, -0.25) is 4.99 Å². The highest BCUT2D eigenvalue weighted by atomic mass is 127. The largest absolute Gasteiger partial charge is 0.493 e. The third kappa shape index (κ3) is 4.67. The van der Waals surface area contributed by atoms with Crippen LogP contribution in [-0.2, 0) is 0 Å². The average Bonchev–Trinajstić information content (AvgIpc) is 2.46. The zero-order valence-electron chi connectivity index (χ0n) is 12.0. The molecular formula is C17H17I2NO. The normalized spacial score (nSPS) is 12.6. The molecule has 1 unspecified atom stereocenters.